The topological polar surface area (TPSA) is 87.8 Å². The number of rotatable bonds is 6. The van der Waals surface area contributed by atoms with Crippen molar-refractivity contribution in [3.8, 4) is 11.5 Å². The van der Waals surface area contributed by atoms with Crippen LogP contribution in [0, 0.1) is 0 Å². The number of nitrogens with zero attached hydrogens (tertiary/aromatic N) is 2. The van der Waals surface area contributed by atoms with Crippen molar-refractivity contribution in [1.29, 1.82) is 0 Å². The minimum absolute atomic E-state index is 0.0186. The number of alkyl halides is 3. The lowest BCUT2D eigenvalue weighted by Gasteiger charge is -2.15. The number of halogens is 3. The Kier molecular flexibility index (Phi) is 8.10. The van der Waals surface area contributed by atoms with Crippen LogP contribution in [0.4, 0.5) is 24.9 Å². The standard InChI is InChI=1S/C21H24F3N3O4.C2H6/c22-21(23,24)12-17-18(26-20(31-17)27-9-3-4-10-27)19(29)25-13-7-8-16(15(28)11-13)30-14-5-1-2-6-14;1-2/h7-8,11,14,28H,1-6,9-10,12H2,(H,25,29);1-2H3. The lowest BCUT2D eigenvalue weighted by molar-refractivity contribution is -0.130. The van der Waals surface area contributed by atoms with E-state index in [0.29, 0.717) is 18.8 Å². The molecule has 0 bridgehead atoms. The number of phenols is 1. The average Bonchev–Trinajstić information content (AvgIpc) is 3.52. The van der Waals surface area contributed by atoms with E-state index in [2.05, 4.69) is 10.3 Å². The molecule has 1 saturated carbocycles. The molecule has 4 rings (SSSR count). The van der Waals surface area contributed by atoms with Crippen LogP contribution in [-0.2, 0) is 6.42 Å². The number of hydrogen-bond donors (Lipinski definition) is 2. The normalized spacial score (nSPS) is 16.5. The van der Waals surface area contributed by atoms with Gasteiger partial charge in [0.25, 0.3) is 11.9 Å². The fourth-order valence-electron chi connectivity index (χ4n) is 3.93. The van der Waals surface area contributed by atoms with E-state index in [9.17, 15) is 23.1 Å². The van der Waals surface area contributed by atoms with Crippen molar-refractivity contribution in [2.75, 3.05) is 23.3 Å². The molecule has 1 aliphatic carbocycles. The molecule has 0 atom stereocenters. The predicted molar refractivity (Wildman–Crippen MR) is 118 cm³/mol. The summed E-state index contributed by atoms with van der Waals surface area (Å²) < 4.78 is 50.0. The van der Waals surface area contributed by atoms with E-state index in [0.717, 1.165) is 38.5 Å². The monoisotopic (exact) mass is 469 g/mol. The zero-order valence-electron chi connectivity index (χ0n) is 18.9. The summed E-state index contributed by atoms with van der Waals surface area (Å²) in [4.78, 5) is 18.5. The van der Waals surface area contributed by atoms with Crippen molar-refractivity contribution in [2.24, 2.45) is 0 Å². The minimum atomic E-state index is -4.55. The van der Waals surface area contributed by atoms with Gasteiger partial charge in [-0.3, -0.25) is 4.79 Å². The lowest BCUT2D eigenvalue weighted by atomic mass is 10.2. The van der Waals surface area contributed by atoms with Crippen molar-refractivity contribution in [3.63, 3.8) is 0 Å². The Morgan fingerprint density at radius 3 is 2.48 bits per heavy atom. The van der Waals surface area contributed by atoms with Crippen LogP contribution in [0.2, 0.25) is 0 Å². The maximum absolute atomic E-state index is 13.0. The molecule has 1 saturated heterocycles. The van der Waals surface area contributed by atoms with E-state index in [1.165, 1.54) is 18.2 Å². The van der Waals surface area contributed by atoms with E-state index >= 15 is 0 Å². The van der Waals surface area contributed by atoms with Crippen LogP contribution in [-0.4, -0.2) is 41.4 Å². The summed E-state index contributed by atoms with van der Waals surface area (Å²) in [7, 11) is 0. The first kappa shape index (κ1) is 24.7. The quantitative estimate of drug-likeness (QED) is 0.566. The van der Waals surface area contributed by atoms with Crippen molar-refractivity contribution in [3.05, 3.63) is 29.7 Å². The molecule has 33 heavy (non-hydrogen) atoms. The van der Waals surface area contributed by atoms with Gasteiger partial charge in [0.05, 0.1) is 6.10 Å². The highest BCUT2D eigenvalue weighted by Crippen LogP contribution is 2.34. The summed E-state index contributed by atoms with van der Waals surface area (Å²) >= 11 is 0. The van der Waals surface area contributed by atoms with Gasteiger partial charge >= 0.3 is 6.18 Å². The zero-order chi connectivity index (χ0) is 24.0. The number of benzene rings is 1. The first-order valence-corrected chi connectivity index (χ1v) is 11.4. The highest BCUT2D eigenvalue weighted by molar-refractivity contribution is 6.04. The zero-order valence-corrected chi connectivity index (χ0v) is 18.9. The van der Waals surface area contributed by atoms with Crippen LogP contribution in [0.15, 0.2) is 22.6 Å². The van der Waals surface area contributed by atoms with Gasteiger partial charge in [-0.1, -0.05) is 13.8 Å². The Hall–Kier alpha value is -2.91. The van der Waals surface area contributed by atoms with Gasteiger partial charge in [-0.05, 0) is 50.7 Å². The Balaban J connectivity index is 0.00000149. The Morgan fingerprint density at radius 1 is 1.21 bits per heavy atom. The molecule has 7 nitrogen and oxygen atoms in total. The lowest BCUT2D eigenvalue weighted by Crippen LogP contribution is -2.19. The number of ether oxygens (including phenoxy) is 1. The molecular weight excluding hydrogens is 439 g/mol. The number of nitrogens with one attached hydrogen (secondary N) is 1. The van der Waals surface area contributed by atoms with Crippen molar-refractivity contribution in [1.82, 2.24) is 4.98 Å². The third kappa shape index (κ3) is 6.55. The van der Waals surface area contributed by atoms with Crippen LogP contribution in [0.1, 0.15) is 68.6 Å². The van der Waals surface area contributed by atoms with E-state index in [1.54, 1.807) is 4.90 Å². The van der Waals surface area contributed by atoms with Gasteiger partial charge in [0, 0.05) is 24.8 Å². The second-order valence-corrected chi connectivity index (χ2v) is 7.92. The molecule has 1 aromatic carbocycles. The van der Waals surface area contributed by atoms with Crippen molar-refractivity contribution < 1.29 is 32.2 Å². The molecule has 2 heterocycles. The number of aromatic hydroxyl groups is 1. The second-order valence-electron chi connectivity index (χ2n) is 7.92. The Bertz CT molecular complexity index is 934. The van der Waals surface area contributed by atoms with E-state index in [-0.39, 0.29) is 23.6 Å². The smallest absolute Gasteiger partial charge is 0.396 e. The molecule has 0 spiro atoms. The Morgan fingerprint density at radius 2 is 1.88 bits per heavy atom. The van der Waals surface area contributed by atoms with Gasteiger partial charge in [0.15, 0.2) is 17.2 Å². The summed E-state index contributed by atoms with van der Waals surface area (Å²) in [5.74, 6) is -1.21. The molecule has 2 aromatic rings. The summed E-state index contributed by atoms with van der Waals surface area (Å²) in [6.07, 6.45) is -0.120. The summed E-state index contributed by atoms with van der Waals surface area (Å²) in [6, 6.07) is 4.36. The number of carbonyl (C=O) groups is 1. The van der Waals surface area contributed by atoms with Crippen LogP contribution >= 0.6 is 0 Å². The van der Waals surface area contributed by atoms with Crippen LogP contribution in [0.5, 0.6) is 11.5 Å². The molecule has 2 aliphatic rings. The summed E-state index contributed by atoms with van der Waals surface area (Å²) in [5, 5.41) is 12.7. The molecular formula is C23H30F3N3O4. The van der Waals surface area contributed by atoms with Crippen molar-refractivity contribution >= 4 is 17.6 Å². The SMILES string of the molecule is CC.O=C(Nc1ccc(OC2CCCC2)c(O)c1)c1nc(N2CCCC2)oc1CC(F)(F)F. The summed E-state index contributed by atoms with van der Waals surface area (Å²) in [5.41, 5.74) is -0.199. The van der Waals surface area contributed by atoms with E-state index < -0.39 is 30.0 Å². The fraction of sp³-hybridized carbons (Fsp3) is 0.565. The molecule has 0 unspecified atom stereocenters. The van der Waals surface area contributed by atoms with E-state index in [1.807, 2.05) is 13.8 Å². The molecule has 0 radical (unpaired) electrons. The average molecular weight is 470 g/mol. The number of anilines is 2. The number of amides is 1. The molecule has 2 fully saturated rings. The molecule has 1 amide bonds. The predicted octanol–water partition coefficient (Wildman–Crippen LogP) is 5.69. The maximum Gasteiger partial charge on any atom is 0.396 e. The van der Waals surface area contributed by atoms with Gasteiger partial charge in [-0.15, -0.1) is 0 Å². The van der Waals surface area contributed by atoms with Gasteiger partial charge in [0.2, 0.25) is 0 Å². The number of hydrogen-bond acceptors (Lipinski definition) is 6. The number of oxazole rings is 1. The first-order chi connectivity index (χ1) is 15.8. The molecule has 182 valence electrons. The summed E-state index contributed by atoms with van der Waals surface area (Å²) in [6.45, 7) is 5.23. The fourth-order valence-corrected chi connectivity index (χ4v) is 3.93. The second kappa shape index (κ2) is 10.8. The van der Waals surface area contributed by atoms with Gasteiger partial charge in [-0.25, -0.2) is 0 Å². The first-order valence-electron chi connectivity index (χ1n) is 11.4. The van der Waals surface area contributed by atoms with Crippen LogP contribution in [0.3, 0.4) is 0 Å². The van der Waals surface area contributed by atoms with Crippen LogP contribution in [0.25, 0.3) is 0 Å². The van der Waals surface area contributed by atoms with Crippen LogP contribution < -0.4 is 15.0 Å². The highest BCUT2D eigenvalue weighted by atomic mass is 19.4. The molecule has 1 aliphatic heterocycles. The van der Waals surface area contributed by atoms with Crippen molar-refractivity contribution in [2.45, 2.75) is 71.1 Å². The molecule has 2 N–H and O–H groups in total. The third-order valence-corrected chi connectivity index (χ3v) is 5.45. The van der Waals surface area contributed by atoms with Gasteiger partial charge in [0.1, 0.15) is 12.2 Å². The number of carbonyl (C=O) groups excluding carboxylic acids is 1. The highest BCUT2D eigenvalue weighted by Gasteiger charge is 2.35. The number of phenolic OH excluding ortho intramolecular Hbond substituents is 1. The largest absolute Gasteiger partial charge is 0.504 e. The number of aromatic nitrogens is 1. The molecule has 1 aromatic heterocycles. The molecule has 10 heteroatoms. The van der Waals surface area contributed by atoms with Gasteiger partial charge in [-0.2, -0.15) is 18.2 Å². The third-order valence-electron chi connectivity index (χ3n) is 5.45. The Labute approximate surface area is 190 Å². The van der Waals surface area contributed by atoms with Gasteiger partial charge < -0.3 is 24.5 Å². The van der Waals surface area contributed by atoms with E-state index in [4.69, 9.17) is 9.15 Å². The maximum atomic E-state index is 13.0. The minimum Gasteiger partial charge on any atom is -0.504 e.